The number of aromatic nitrogens is 2. The largest absolute Gasteiger partial charge is 0.514 e. The highest BCUT2D eigenvalue weighted by Gasteiger charge is 2.18. The maximum absolute atomic E-state index is 11.8. The lowest BCUT2D eigenvalue weighted by Gasteiger charge is -2.07. The predicted octanol–water partition coefficient (Wildman–Crippen LogP) is 0.311. The molecule has 0 aliphatic carbocycles. The lowest BCUT2D eigenvalue weighted by molar-refractivity contribution is 0.103. The number of aromatic hydroxyl groups is 4. The Kier molecular flexibility index (Phi) is 6.66. The maximum Gasteiger partial charge on any atom is 0.514 e. The third-order valence-electron chi connectivity index (χ3n) is 3.11. The van der Waals surface area contributed by atoms with Gasteiger partial charge in [-0.15, -0.1) is 0 Å². The summed E-state index contributed by atoms with van der Waals surface area (Å²) in [4.78, 5) is 26.9. The summed E-state index contributed by atoms with van der Waals surface area (Å²) in [5.74, 6) is -4.23. The fraction of sp³-hybridized carbons (Fsp3) is 0.286. The Bertz CT molecular complexity index is 905. The van der Waals surface area contributed by atoms with Gasteiger partial charge in [-0.25, -0.2) is 18.0 Å². The third-order valence-corrected chi connectivity index (χ3v) is 4.69. The molecule has 0 saturated carbocycles. The van der Waals surface area contributed by atoms with Crippen LogP contribution in [-0.2, 0) is 19.3 Å². The first kappa shape index (κ1) is 21.5. The first-order chi connectivity index (χ1) is 13.6. The first-order valence-corrected chi connectivity index (χ1v) is 9.49. The molecule has 0 fully saturated rings. The van der Waals surface area contributed by atoms with Crippen molar-refractivity contribution in [1.82, 2.24) is 9.97 Å². The Morgan fingerprint density at radius 2 is 1.17 bits per heavy atom. The molecule has 0 aliphatic heterocycles. The minimum absolute atomic E-state index is 0.413. The number of hydrogen-bond donors (Lipinski definition) is 6. The van der Waals surface area contributed by atoms with E-state index in [0.717, 1.165) is 12.1 Å². The van der Waals surface area contributed by atoms with Crippen molar-refractivity contribution in [3.05, 3.63) is 12.1 Å². The van der Waals surface area contributed by atoms with E-state index in [-0.39, 0.29) is 0 Å². The van der Waals surface area contributed by atoms with Gasteiger partial charge in [0, 0.05) is 12.1 Å². The minimum atomic E-state index is -3.78. The maximum atomic E-state index is 11.8. The molecule has 0 aromatic carbocycles. The van der Waals surface area contributed by atoms with E-state index in [2.05, 4.69) is 18.9 Å². The monoisotopic (exact) mass is 436 g/mol. The van der Waals surface area contributed by atoms with Crippen LogP contribution in [0.25, 0.3) is 0 Å². The summed E-state index contributed by atoms with van der Waals surface area (Å²) < 4.78 is 41.8. The van der Waals surface area contributed by atoms with Crippen molar-refractivity contribution in [2.24, 2.45) is 0 Å². The molecule has 0 spiro atoms. The first-order valence-electron chi connectivity index (χ1n) is 7.67. The zero-order valence-corrected chi connectivity index (χ0v) is 15.3. The summed E-state index contributed by atoms with van der Waals surface area (Å²) in [7, 11) is -3.78. The molecule has 0 radical (unpaired) electrons. The van der Waals surface area contributed by atoms with Crippen LogP contribution in [0.15, 0.2) is 12.1 Å². The molecular formula is C14H16N2O12S. The molecule has 2 heterocycles. The molecular weight excluding hydrogens is 420 g/mol. The number of carbonyl (C=O) groups is 2. The fourth-order valence-corrected chi connectivity index (χ4v) is 2.70. The number of hydrogen-bond acceptors (Lipinski definition) is 12. The Morgan fingerprint density at radius 3 is 1.48 bits per heavy atom. The zero-order valence-electron chi connectivity index (χ0n) is 14.4. The topological polar surface area (TPSA) is 218 Å². The van der Waals surface area contributed by atoms with E-state index in [4.69, 9.17) is 10.2 Å². The van der Waals surface area contributed by atoms with Gasteiger partial charge in [-0.2, -0.15) is 0 Å². The smallest absolute Gasteiger partial charge is 0.494 e. The second kappa shape index (κ2) is 8.96. The Balaban J connectivity index is 1.67. The summed E-state index contributed by atoms with van der Waals surface area (Å²) in [6, 6.07) is 1.80. The van der Waals surface area contributed by atoms with Gasteiger partial charge in [0.05, 0.1) is 11.5 Å². The normalized spacial score (nSPS) is 11.0. The summed E-state index contributed by atoms with van der Waals surface area (Å²) in [6.45, 7) is -1.17. The van der Waals surface area contributed by atoms with Gasteiger partial charge in [0.25, 0.3) is 0 Å². The Hall–Kier alpha value is -3.75. The van der Waals surface area contributed by atoms with E-state index >= 15 is 0 Å². The van der Waals surface area contributed by atoms with Crippen LogP contribution in [0.4, 0.5) is 9.59 Å². The van der Waals surface area contributed by atoms with Gasteiger partial charge < -0.3 is 39.4 Å². The molecule has 160 valence electrons. The summed E-state index contributed by atoms with van der Waals surface area (Å²) in [6.07, 6.45) is -2.63. The molecule has 0 atom stereocenters. The second-order valence-electron chi connectivity index (χ2n) is 5.29. The van der Waals surface area contributed by atoms with Crippen molar-refractivity contribution >= 4 is 22.1 Å². The van der Waals surface area contributed by atoms with Gasteiger partial charge in [-0.1, -0.05) is 0 Å². The highest BCUT2D eigenvalue weighted by molar-refractivity contribution is 7.91. The molecule has 0 unspecified atom stereocenters. The summed E-state index contributed by atoms with van der Waals surface area (Å²) in [5.41, 5.74) is 0. The van der Waals surface area contributed by atoms with Crippen LogP contribution in [0.1, 0.15) is 0 Å². The predicted molar refractivity (Wildman–Crippen MR) is 90.9 cm³/mol. The third kappa shape index (κ3) is 6.73. The van der Waals surface area contributed by atoms with Crippen LogP contribution in [-0.4, -0.2) is 75.8 Å². The van der Waals surface area contributed by atoms with E-state index in [1.807, 2.05) is 9.97 Å². The summed E-state index contributed by atoms with van der Waals surface area (Å²) in [5, 5.41) is 36.6. The lowest BCUT2D eigenvalue weighted by Crippen LogP contribution is -2.23. The number of rotatable bonds is 8. The van der Waals surface area contributed by atoms with E-state index in [0.29, 0.717) is 0 Å². The molecule has 0 aliphatic rings. The molecule has 14 nitrogen and oxygen atoms in total. The zero-order chi connectivity index (χ0) is 21.6. The van der Waals surface area contributed by atoms with Crippen molar-refractivity contribution in [2.75, 3.05) is 24.7 Å². The highest BCUT2D eigenvalue weighted by Crippen LogP contribution is 2.30. The number of H-pyrrole nitrogens is 2. The number of aromatic amines is 2. The van der Waals surface area contributed by atoms with E-state index < -0.39 is 81.9 Å². The molecule has 6 N–H and O–H groups in total. The van der Waals surface area contributed by atoms with Crippen LogP contribution in [0.3, 0.4) is 0 Å². The number of ether oxygens (including phenoxy) is 4. The van der Waals surface area contributed by atoms with Crippen molar-refractivity contribution in [2.45, 2.75) is 0 Å². The van der Waals surface area contributed by atoms with Crippen LogP contribution in [0.5, 0.6) is 35.0 Å². The molecule has 2 rings (SSSR count). The molecule has 0 amide bonds. The average Bonchev–Trinajstić information content (AvgIpc) is 3.07. The van der Waals surface area contributed by atoms with E-state index in [9.17, 15) is 28.2 Å². The molecule has 2 aromatic rings. The lowest BCUT2D eigenvalue weighted by atomic mass is 10.6. The molecule has 0 bridgehead atoms. The van der Waals surface area contributed by atoms with E-state index in [1.165, 1.54) is 0 Å². The average molecular weight is 436 g/mol. The van der Waals surface area contributed by atoms with Gasteiger partial charge in [0.1, 0.15) is 13.2 Å². The van der Waals surface area contributed by atoms with Crippen molar-refractivity contribution in [3.8, 4) is 35.0 Å². The number of sulfone groups is 1. The van der Waals surface area contributed by atoms with Gasteiger partial charge in [0.15, 0.2) is 33.1 Å². The van der Waals surface area contributed by atoms with Gasteiger partial charge in [0.2, 0.25) is 11.8 Å². The fourth-order valence-electron chi connectivity index (χ4n) is 1.82. The van der Waals surface area contributed by atoms with Crippen molar-refractivity contribution < 1.29 is 57.4 Å². The summed E-state index contributed by atoms with van der Waals surface area (Å²) >= 11 is 0. The van der Waals surface area contributed by atoms with Crippen LogP contribution >= 0.6 is 0 Å². The standard InChI is InChI=1S/C14H16N2O12S/c17-9-5-7(11(19)15-9)27-13(21)25-1-3-29(23,24)4-2-26-14(22)28-8-6-10(18)16-12(8)20/h5-6,15-20H,1-4H2. The van der Waals surface area contributed by atoms with Crippen LogP contribution < -0.4 is 9.47 Å². The van der Waals surface area contributed by atoms with Crippen LogP contribution in [0, 0.1) is 0 Å². The molecule has 0 saturated heterocycles. The van der Waals surface area contributed by atoms with Crippen molar-refractivity contribution in [1.29, 1.82) is 0 Å². The molecule has 2 aromatic heterocycles. The minimum Gasteiger partial charge on any atom is -0.494 e. The Labute approximate surface area is 162 Å². The number of nitrogens with one attached hydrogen (secondary N) is 2. The quantitative estimate of drug-likeness (QED) is 0.308. The van der Waals surface area contributed by atoms with Gasteiger partial charge in [-0.3, -0.25) is 9.97 Å². The highest BCUT2D eigenvalue weighted by atomic mass is 32.2. The second-order valence-corrected chi connectivity index (χ2v) is 7.59. The number of carbonyl (C=O) groups excluding carboxylic acids is 2. The SMILES string of the molecule is O=C(OCCS(=O)(=O)CCOC(=O)Oc1cc(O)[nH]c1O)Oc1cc(O)[nH]c1O. The molecule has 29 heavy (non-hydrogen) atoms. The molecule has 15 heteroatoms. The van der Waals surface area contributed by atoms with E-state index in [1.54, 1.807) is 0 Å². The van der Waals surface area contributed by atoms with Gasteiger partial charge in [-0.05, 0) is 0 Å². The van der Waals surface area contributed by atoms with Crippen molar-refractivity contribution in [3.63, 3.8) is 0 Å². The van der Waals surface area contributed by atoms with Crippen LogP contribution in [0.2, 0.25) is 0 Å². The Morgan fingerprint density at radius 1 is 0.793 bits per heavy atom. The van der Waals surface area contributed by atoms with Gasteiger partial charge >= 0.3 is 12.3 Å².